The molecule has 0 saturated heterocycles. The smallest absolute Gasteiger partial charge is 0.224 e. The molecule has 0 aliphatic carbocycles. The first-order valence-corrected chi connectivity index (χ1v) is 7.91. The predicted molar refractivity (Wildman–Crippen MR) is 90.8 cm³/mol. The van der Waals surface area contributed by atoms with Crippen molar-refractivity contribution >= 4 is 17.4 Å². The molecule has 2 aromatic rings. The Balaban J connectivity index is 1.54. The maximum atomic E-state index is 12.1. The summed E-state index contributed by atoms with van der Waals surface area (Å²) in [6, 6.07) is 12.6. The number of hydrogen-bond acceptors (Lipinski definition) is 4. The Hall–Kier alpha value is -2.82. The first-order valence-electron chi connectivity index (χ1n) is 7.91. The highest BCUT2D eigenvalue weighted by molar-refractivity contribution is 5.95. The molecule has 124 valence electrons. The van der Waals surface area contributed by atoms with E-state index in [0.717, 1.165) is 17.1 Å². The third-order valence-electron chi connectivity index (χ3n) is 3.82. The van der Waals surface area contributed by atoms with Gasteiger partial charge in [-0.3, -0.25) is 9.59 Å². The molecule has 1 heterocycles. The molecule has 1 N–H and O–H groups in total. The first kappa shape index (κ1) is 16.1. The lowest BCUT2D eigenvalue weighted by Crippen LogP contribution is -2.15. The number of fused-ring (bicyclic) bond motifs is 1. The van der Waals surface area contributed by atoms with Gasteiger partial charge >= 0.3 is 0 Å². The Morgan fingerprint density at radius 1 is 1.00 bits per heavy atom. The summed E-state index contributed by atoms with van der Waals surface area (Å²) < 4.78 is 11.0. The molecule has 0 spiro atoms. The summed E-state index contributed by atoms with van der Waals surface area (Å²) in [4.78, 5) is 23.3. The highest BCUT2D eigenvalue weighted by atomic mass is 16.6. The van der Waals surface area contributed by atoms with Crippen LogP contribution in [-0.4, -0.2) is 24.9 Å². The minimum Gasteiger partial charge on any atom is -0.486 e. The molecule has 2 aromatic carbocycles. The van der Waals surface area contributed by atoms with Gasteiger partial charge in [-0.25, -0.2) is 0 Å². The molecule has 0 bridgehead atoms. The topological polar surface area (TPSA) is 64.6 Å². The zero-order chi connectivity index (χ0) is 16.9. The summed E-state index contributed by atoms with van der Waals surface area (Å²) in [5, 5.41) is 2.83. The number of nitrogens with one attached hydrogen (secondary N) is 1. The molecule has 0 fully saturated rings. The number of rotatable bonds is 5. The number of anilines is 1. The van der Waals surface area contributed by atoms with Gasteiger partial charge in [0.1, 0.15) is 13.2 Å². The molecule has 0 unspecified atom stereocenters. The van der Waals surface area contributed by atoms with Crippen LogP contribution in [-0.2, 0) is 11.2 Å². The van der Waals surface area contributed by atoms with E-state index in [9.17, 15) is 9.59 Å². The molecule has 5 nitrogen and oxygen atoms in total. The van der Waals surface area contributed by atoms with Crippen LogP contribution < -0.4 is 14.8 Å². The number of aryl methyl sites for hydroxylation is 1. The molecule has 3 rings (SSSR count). The fourth-order valence-corrected chi connectivity index (χ4v) is 2.51. The molecule has 0 atom stereocenters. The lowest BCUT2D eigenvalue weighted by molar-refractivity contribution is -0.116. The van der Waals surface area contributed by atoms with Gasteiger partial charge in [-0.1, -0.05) is 6.07 Å². The predicted octanol–water partition coefficient (Wildman–Crippen LogP) is 3.23. The van der Waals surface area contributed by atoms with Crippen LogP contribution in [0.3, 0.4) is 0 Å². The van der Waals surface area contributed by atoms with Crippen molar-refractivity contribution in [1.82, 2.24) is 0 Å². The quantitative estimate of drug-likeness (QED) is 0.857. The summed E-state index contributed by atoms with van der Waals surface area (Å²) in [6.45, 7) is 2.63. The Morgan fingerprint density at radius 2 is 1.71 bits per heavy atom. The third kappa shape index (κ3) is 3.93. The monoisotopic (exact) mass is 325 g/mol. The number of carbonyl (C=O) groups excluding carboxylic acids is 2. The molecule has 5 heteroatoms. The van der Waals surface area contributed by atoms with Crippen LogP contribution in [0.4, 0.5) is 5.69 Å². The van der Waals surface area contributed by atoms with E-state index >= 15 is 0 Å². The van der Waals surface area contributed by atoms with Crippen molar-refractivity contribution in [3.63, 3.8) is 0 Å². The van der Waals surface area contributed by atoms with Crippen molar-refractivity contribution < 1.29 is 19.1 Å². The van der Waals surface area contributed by atoms with Crippen molar-refractivity contribution in [2.75, 3.05) is 18.5 Å². The molecule has 1 aliphatic heterocycles. The summed E-state index contributed by atoms with van der Waals surface area (Å²) >= 11 is 0. The lowest BCUT2D eigenvalue weighted by Gasteiger charge is -2.18. The number of hydrogen-bond donors (Lipinski definition) is 1. The molecule has 0 saturated carbocycles. The van der Waals surface area contributed by atoms with Gasteiger partial charge in [0.2, 0.25) is 5.91 Å². The molecule has 24 heavy (non-hydrogen) atoms. The van der Waals surface area contributed by atoms with Crippen molar-refractivity contribution in [2.24, 2.45) is 0 Å². The fraction of sp³-hybridized carbons (Fsp3) is 0.263. The molecular formula is C19H19NO4. The summed E-state index contributed by atoms with van der Waals surface area (Å²) in [5.41, 5.74) is 2.35. The number of carbonyl (C=O) groups is 2. The number of benzene rings is 2. The van der Waals surface area contributed by atoms with Gasteiger partial charge in [0.25, 0.3) is 0 Å². The SMILES string of the molecule is CC(=O)c1ccc(NC(=O)CCc2ccc3c(c2)OCCO3)cc1. The van der Waals surface area contributed by atoms with E-state index in [2.05, 4.69) is 5.32 Å². The van der Waals surface area contributed by atoms with Crippen LogP contribution in [0.5, 0.6) is 11.5 Å². The normalized spacial score (nSPS) is 12.5. The fourth-order valence-electron chi connectivity index (χ4n) is 2.51. The standard InChI is InChI=1S/C19H19NO4/c1-13(21)15-4-6-16(7-5-15)20-19(22)9-3-14-2-8-17-18(12-14)24-11-10-23-17/h2,4-8,12H,3,9-11H2,1H3,(H,20,22). The minimum absolute atomic E-state index is 0.00600. The van der Waals surface area contributed by atoms with Gasteiger partial charge in [0, 0.05) is 17.7 Å². The summed E-state index contributed by atoms with van der Waals surface area (Å²) in [7, 11) is 0. The van der Waals surface area contributed by atoms with Gasteiger partial charge in [-0.05, 0) is 55.3 Å². The zero-order valence-corrected chi connectivity index (χ0v) is 13.5. The zero-order valence-electron chi connectivity index (χ0n) is 13.5. The van der Waals surface area contributed by atoms with Gasteiger partial charge in [0.05, 0.1) is 0 Å². The lowest BCUT2D eigenvalue weighted by atomic mass is 10.1. The second-order valence-electron chi connectivity index (χ2n) is 5.66. The van der Waals surface area contributed by atoms with Crippen molar-refractivity contribution in [2.45, 2.75) is 19.8 Å². The minimum atomic E-state index is -0.0690. The number of Topliss-reactive ketones (excluding diaryl/α,β-unsaturated/α-hetero) is 1. The number of amides is 1. The van der Waals surface area contributed by atoms with Crippen LogP contribution in [0, 0.1) is 0 Å². The first-order chi connectivity index (χ1) is 11.6. The summed E-state index contributed by atoms with van der Waals surface area (Å²) in [5.74, 6) is 1.42. The van der Waals surface area contributed by atoms with E-state index in [1.807, 2.05) is 18.2 Å². The van der Waals surface area contributed by atoms with E-state index in [4.69, 9.17) is 9.47 Å². The number of ether oxygens (including phenoxy) is 2. The maximum Gasteiger partial charge on any atom is 0.224 e. The largest absolute Gasteiger partial charge is 0.486 e. The molecular weight excluding hydrogens is 306 g/mol. The summed E-state index contributed by atoms with van der Waals surface area (Å²) in [6.07, 6.45) is 0.988. The van der Waals surface area contributed by atoms with Crippen LogP contribution in [0.15, 0.2) is 42.5 Å². The molecule has 0 aromatic heterocycles. The van der Waals surface area contributed by atoms with E-state index in [1.54, 1.807) is 24.3 Å². The number of ketones is 1. The van der Waals surface area contributed by atoms with Gasteiger partial charge in [-0.2, -0.15) is 0 Å². The van der Waals surface area contributed by atoms with Crippen LogP contribution in [0.2, 0.25) is 0 Å². The molecule has 1 amide bonds. The maximum absolute atomic E-state index is 12.1. The average Bonchev–Trinajstić information content (AvgIpc) is 2.60. The second kappa shape index (κ2) is 7.17. The Kier molecular flexibility index (Phi) is 4.79. The van der Waals surface area contributed by atoms with Crippen LogP contribution in [0.25, 0.3) is 0 Å². The Bertz CT molecular complexity index is 752. The molecule has 0 radical (unpaired) electrons. The van der Waals surface area contributed by atoms with E-state index in [-0.39, 0.29) is 11.7 Å². The van der Waals surface area contributed by atoms with E-state index in [0.29, 0.717) is 37.3 Å². The molecule has 1 aliphatic rings. The van der Waals surface area contributed by atoms with Crippen LogP contribution in [0.1, 0.15) is 29.3 Å². The third-order valence-corrected chi connectivity index (χ3v) is 3.82. The average molecular weight is 325 g/mol. The highest BCUT2D eigenvalue weighted by Gasteiger charge is 2.12. The van der Waals surface area contributed by atoms with Gasteiger partial charge in [0.15, 0.2) is 17.3 Å². The van der Waals surface area contributed by atoms with Crippen molar-refractivity contribution in [3.05, 3.63) is 53.6 Å². The van der Waals surface area contributed by atoms with Gasteiger partial charge < -0.3 is 14.8 Å². The highest BCUT2D eigenvalue weighted by Crippen LogP contribution is 2.31. The van der Waals surface area contributed by atoms with Crippen molar-refractivity contribution in [1.29, 1.82) is 0 Å². The van der Waals surface area contributed by atoms with Crippen molar-refractivity contribution in [3.8, 4) is 11.5 Å². The Labute approximate surface area is 140 Å². The Morgan fingerprint density at radius 3 is 2.42 bits per heavy atom. The van der Waals surface area contributed by atoms with Gasteiger partial charge in [-0.15, -0.1) is 0 Å². The van der Waals surface area contributed by atoms with E-state index < -0.39 is 0 Å². The second-order valence-corrected chi connectivity index (χ2v) is 5.66. The van der Waals surface area contributed by atoms with E-state index in [1.165, 1.54) is 6.92 Å². The van der Waals surface area contributed by atoms with Crippen LogP contribution >= 0.6 is 0 Å².